The second kappa shape index (κ2) is 4.51. The van der Waals surface area contributed by atoms with Crippen molar-refractivity contribution < 1.29 is 4.79 Å². The fraction of sp³-hybridized carbons (Fsp3) is 0.786. The average Bonchev–Trinajstić information content (AvgIpc) is 2.41. The summed E-state index contributed by atoms with van der Waals surface area (Å²) in [6, 6.07) is 0. The van der Waals surface area contributed by atoms with Crippen LogP contribution < -0.4 is 0 Å². The van der Waals surface area contributed by atoms with Gasteiger partial charge in [0, 0.05) is 5.92 Å². The number of aldehydes is 1. The molecule has 0 saturated heterocycles. The van der Waals surface area contributed by atoms with E-state index in [-0.39, 0.29) is 5.92 Å². The molecule has 0 bridgehead atoms. The van der Waals surface area contributed by atoms with Crippen LogP contribution in [-0.4, -0.2) is 6.29 Å². The fourth-order valence-electron chi connectivity index (χ4n) is 2.90. The molecular weight excluding hydrogens is 184 g/mol. The maximum absolute atomic E-state index is 10.7. The molecule has 0 aromatic heterocycles. The van der Waals surface area contributed by atoms with E-state index >= 15 is 0 Å². The maximum Gasteiger partial charge on any atom is 0.122 e. The normalized spacial score (nSPS) is 28.3. The summed E-state index contributed by atoms with van der Waals surface area (Å²) in [7, 11) is 0. The highest BCUT2D eigenvalue weighted by molar-refractivity contribution is 5.52. The molecule has 15 heavy (non-hydrogen) atoms. The number of carbonyl (C=O) groups is 1. The molecule has 1 heteroatoms. The Bertz CT molecular complexity index is 263. The lowest BCUT2D eigenvalue weighted by atomic mass is 9.70. The van der Waals surface area contributed by atoms with Gasteiger partial charge >= 0.3 is 0 Å². The van der Waals surface area contributed by atoms with Crippen LogP contribution in [0.3, 0.4) is 0 Å². The Morgan fingerprint density at radius 3 is 2.53 bits per heavy atom. The third-order valence-corrected chi connectivity index (χ3v) is 4.28. The van der Waals surface area contributed by atoms with E-state index in [0.29, 0.717) is 17.3 Å². The molecule has 0 fully saturated rings. The first-order chi connectivity index (χ1) is 6.89. The van der Waals surface area contributed by atoms with E-state index in [9.17, 15) is 4.79 Å². The minimum Gasteiger partial charge on any atom is -0.303 e. The van der Waals surface area contributed by atoms with Crippen LogP contribution in [0.2, 0.25) is 0 Å². The van der Waals surface area contributed by atoms with E-state index in [1.54, 1.807) is 0 Å². The summed E-state index contributed by atoms with van der Waals surface area (Å²) in [5.74, 6) is 1.55. The largest absolute Gasteiger partial charge is 0.303 e. The van der Waals surface area contributed by atoms with Crippen molar-refractivity contribution in [3.05, 3.63) is 11.6 Å². The van der Waals surface area contributed by atoms with Crippen molar-refractivity contribution >= 4 is 6.29 Å². The number of hydrogen-bond acceptors (Lipinski definition) is 1. The van der Waals surface area contributed by atoms with Gasteiger partial charge in [0.15, 0.2) is 0 Å². The van der Waals surface area contributed by atoms with E-state index < -0.39 is 0 Å². The summed E-state index contributed by atoms with van der Waals surface area (Å²) in [5, 5.41) is 0. The van der Waals surface area contributed by atoms with E-state index in [0.717, 1.165) is 12.7 Å². The molecule has 0 spiro atoms. The standard InChI is InChI=1S/C14H24O/c1-10(9-15)8-11(2)13-7-6-12(3)14(13,4)5/h6,9-11,13H,7-8H2,1-5H3/t10?,11?,13-/m0/s1. The Morgan fingerprint density at radius 2 is 2.13 bits per heavy atom. The maximum atomic E-state index is 10.7. The number of allylic oxidation sites excluding steroid dienone is 2. The molecule has 0 aromatic rings. The van der Waals surface area contributed by atoms with Gasteiger partial charge in [-0.25, -0.2) is 0 Å². The first-order valence-corrected chi connectivity index (χ1v) is 6.02. The summed E-state index contributed by atoms with van der Waals surface area (Å²) in [6.07, 6.45) is 5.66. The van der Waals surface area contributed by atoms with Gasteiger partial charge in [0.25, 0.3) is 0 Å². The predicted molar refractivity (Wildman–Crippen MR) is 64.7 cm³/mol. The zero-order valence-electron chi connectivity index (χ0n) is 10.7. The van der Waals surface area contributed by atoms with Crippen molar-refractivity contribution in [3.8, 4) is 0 Å². The van der Waals surface area contributed by atoms with E-state index in [1.807, 2.05) is 6.92 Å². The van der Waals surface area contributed by atoms with Crippen LogP contribution in [0, 0.1) is 23.2 Å². The Kier molecular flexibility index (Phi) is 3.75. The highest BCUT2D eigenvalue weighted by Crippen LogP contribution is 2.47. The Balaban J connectivity index is 2.63. The first kappa shape index (κ1) is 12.5. The molecule has 1 aliphatic carbocycles. The van der Waals surface area contributed by atoms with Crippen molar-refractivity contribution in [1.82, 2.24) is 0 Å². The molecule has 1 aliphatic rings. The predicted octanol–water partition coefficient (Wildman–Crippen LogP) is 3.84. The zero-order chi connectivity index (χ0) is 11.6. The monoisotopic (exact) mass is 208 g/mol. The summed E-state index contributed by atoms with van der Waals surface area (Å²) < 4.78 is 0. The number of carbonyl (C=O) groups excluding carboxylic acids is 1. The molecule has 86 valence electrons. The topological polar surface area (TPSA) is 17.1 Å². The fourth-order valence-corrected chi connectivity index (χ4v) is 2.90. The zero-order valence-corrected chi connectivity index (χ0v) is 10.7. The van der Waals surface area contributed by atoms with Gasteiger partial charge in [-0.1, -0.05) is 39.3 Å². The Hall–Kier alpha value is -0.590. The lowest BCUT2D eigenvalue weighted by Gasteiger charge is -2.34. The smallest absolute Gasteiger partial charge is 0.122 e. The van der Waals surface area contributed by atoms with Crippen molar-refractivity contribution in [3.63, 3.8) is 0 Å². The quantitative estimate of drug-likeness (QED) is 0.507. The molecule has 1 nitrogen and oxygen atoms in total. The lowest BCUT2D eigenvalue weighted by molar-refractivity contribution is -0.111. The summed E-state index contributed by atoms with van der Waals surface area (Å²) >= 11 is 0. The van der Waals surface area contributed by atoms with Gasteiger partial charge in [-0.15, -0.1) is 0 Å². The van der Waals surface area contributed by atoms with Crippen LogP contribution in [0.15, 0.2) is 11.6 Å². The van der Waals surface area contributed by atoms with Gasteiger partial charge in [-0.3, -0.25) is 0 Å². The second-order valence-corrected chi connectivity index (χ2v) is 5.78. The van der Waals surface area contributed by atoms with Crippen LogP contribution in [0.1, 0.15) is 47.5 Å². The summed E-state index contributed by atoms with van der Waals surface area (Å²) in [6.45, 7) is 11.2. The second-order valence-electron chi connectivity index (χ2n) is 5.78. The molecule has 0 aliphatic heterocycles. The van der Waals surface area contributed by atoms with Gasteiger partial charge in [0.05, 0.1) is 0 Å². The Labute approximate surface area is 93.9 Å². The van der Waals surface area contributed by atoms with Crippen molar-refractivity contribution in [2.45, 2.75) is 47.5 Å². The Morgan fingerprint density at radius 1 is 1.53 bits per heavy atom. The van der Waals surface area contributed by atoms with E-state index in [4.69, 9.17) is 0 Å². The highest BCUT2D eigenvalue weighted by atomic mass is 16.1. The van der Waals surface area contributed by atoms with Crippen LogP contribution in [0.5, 0.6) is 0 Å². The molecule has 1 rings (SSSR count). The molecule has 0 heterocycles. The third kappa shape index (κ3) is 2.50. The van der Waals surface area contributed by atoms with Crippen LogP contribution in [-0.2, 0) is 4.79 Å². The van der Waals surface area contributed by atoms with Gasteiger partial charge in [-0.05, 0) is 37.0 Å². The minimum absolute atomic E-state index is 0.205. The van der Waals surface area contributed by atoms with Gasteiger partial charge < -0.3 is 4.79 Å². The summed E-state index contributed by atoms with van der Waals surface area (Å²) in [5.41, 5.74) is 1.83. The van der Waals surface area contributed by atoms with Crippen LogP contribution >= 0.6 is 0 Å². The molecule has 2 unspecified atom stereocenters. The van der Waals surface area contributed by atoms with Crippen LogP contribution in [0.25, 0.3) is 0 Å². The molecule has 3 atom stereocenters. The molecule has 0 saturated carbocycles. The third-order valence-electron chi connectivity index (χ3n) is 4.28. The lowest BCUT2D eigenvalue weighted by Crippen LogP contribution is -2.27. The van der Waals surface area contributed by atoms with E-state index in [2.05, 4.69) is 33.8 Å². The molecular formula is C14H24O. The average molecular weight is 208 g/mol. The molecule has 0 amide bonds. The molecule has 0 radical (unpaired) electrons. The van der Waals surface area contributed by atoms with Crippen molar-refractivity contribution in [1.29, 1.82) is 0 Å². The first-order valence-electron chi connectivity index (χ1n) is 6.02. The molecule has 0 N–H and O–H groups in total. The van der Waals surface area contributed by atoms with Gasteiger partial charge in [0.2, 0.25) is 0 Å². The number of rotatable bonds is 4. The van der Waals surface area contributed by atoms with E-state index in [1.165, 1.54) is 12.0 Å². The van der Waals surface area contributed by atoms with Crippen molar-refractivity contribution in [2.24, 2.45) is 23.2 Å². The van der Waals surface area contributed by atoms with Crippen LogP contribution in [0.4, 0.5) is 0 Å². The summed E-state index contributed by atoms with van der Waals surface area (Å²) in [4.78, 5) is 10.7. The molecule has 0 aromatic carbocycles. The van der Waals surface area contributed by atoms with Crippen molar-refractivity contribution in [2.75, 3.05) is 0 Å². The number of hydrogen-bond donors (Lipinski definition) is 0. The minimum atomic E-state index is 0.205. The highest BCUT2D eigenvalue weighted by Gasteiger charge is 2.38. The van der Waals surface area contributed by atoms with Gasteiger partial charge in [-0.2, -0.15) is 0 Å². The SMILES string of the molecule is CC1=CC[C@@H](C(C)CC(C)C=O)C1(C)C. The van der Waals surface area contributed by atoms with Gasteiger partial charge in [0.1, 0.15) is 6.29 Å².